The third-order valence-corrected chi connectivity index (χ3v) is 5.03. The van der Waals surface area contributed by atoms with Crippen LogP contribution in [0.25, 0.3) is 0 Å². The van der Waals surface area contributed by atoms with Crippen LogP contribution < -0.4 is 10.6 Å². The van der Waals surface area contributed by atoms with Crippen molar-refractivity contribution in [2.24, 2.45) is 0 Å². The van der Waals surface area contributed by atoms with Crippen LogP contribution >= 0.6 is 7.80 Å². The molecular formula is C12H11O4PS. The van der Waals surface area contributed by atoms with Crippen LogP contribution in [0.1, 0.15) is 0 Å². The predicted molar refractivity (Wildman–Crippen MR) is 71.0 cm³/mol. The van der Waals surface area contributed by atoms with Crippen molar-refractivity contribution >= 4 is 28.5 Å². The Balaban J connectivity index is 2.34. The summed E-state index contributed by atoms with van der Waals surface area (Å²) in [5.41, 5.74) is 0. The Bertz CT molecular complexity index is 663. The fourth-order valence-electron chi connectivity index (χ4n) is 1.53. The van der Waals surface area contributed by atoms with E-state index < -0.39 is 17.9 Å². The van der Waals surface area contributed by atoms with Crippen LogP contribution in [0, 0.1) is 0 Å². The molecule has 6 heteroatoms. The van der Waals surface area contributed by atoms with Gasteiger partial charge in [-0.05, 0) is 12.1 Å². The van der Waals surface area contributed by atoms with Crippen LogP contribution in [0.15, 0.2) is 59.5 Å². The first kappa shape index (κ1) is 13.0. The molecule has 18 heavy (non-hydrogen) atoms. The van der Waals surface area contributed by atoms with Gasteiger partial charge in [-0.2, -0.15) is 8.42 Å². The van der Waals surface area contributed by atoms with Gasteiger partial charge in [0.15, 0.2) is 0 Å². The van der Waals surface area contributed by atoms with Crippen LogP contribution in [0.4, 0.5) is 0 Å². The first-order valence-electron chi connectivity index (χ1n) is 5.16. The van der Waals surface area contributed by atoms with E-state index in [-0.39, 0.29) is 4.90 Å². The Morgan fingerprint density at radius 2 is 1.33 bits per heavy atom. The molecule has 4 nitrogen and oxygen atoms in total. The highest BCUT2D eigenvalue weighted by molar-refractivity contribution is 7.85. The van der Waals surface area contributed by atoms with Crippen LogP contribution in [0.5, 0.6) is 0 Å². The van der Waals surface area contributed by atoms with Gasteiger partial charge in [0.05, 0.1) is 4.90 Å². The largest absolute Gasteiger partial charge is 0.317 e. The molecule has 94 valence electrons. The second kappa shape index (κ2) is 5.06. The molecule has 0 radical (unpaired) electrons. The monoisotopic (exact) mass is 282 g/mol. The zero-order valence-electron chi connectivity index (χ0n) is 9.28. The van der Waals surface area contributed by atoms with Crippen molar-refractivity contribution < 1.29 is 17.5 Å². The average molecular weight is 282 g/mol. The molecule has 0 aliphatic heterocycles. The van der Waals surface area contributed by atoms with E-state index in [9.17, 15) is 13.0 Å². The van der Waals surface area contributed by atoms with Crippen molar-refractivity contribution in [3.8, 4) is 0 Å². The molecule has 0 amide bonds. The highest BCUT2D eigenvalue weighted by Gasteiger charge is 2.11. The van der Waals surface area contributed by atoms with E-state index in [1.165, 1.54) is 24.3 Å². The lowest BCUT2D eigenvalue weighted by Gasteiger charge is -2.03. The van der Waals surface area contributed by atoms with Crippen molar-refractivity contribution in [3.63, 3.8) is 0 Å². The van der Waals surface area contributed by atoms with Gasteiger partial charge >= 0.3 is 0 Å². The van der Waals surface area contributed by atoms with E-state index in [4.69, 9.17) is 4.55 Å². The molecule has 0 aliphatic rings. The number of benzene rings is 2. The SMILES string of the molecule is O=[PH](c1ccccc1)c1ccc(S(=O)(=O)O)cc1. The smallest absolute Gasteiger partial charge is 0.294 e. The maximum atomic E-state index is 12.2. The predicted octanol–water partition coefficient (Wildman–Crippen LogP) is 1.44. The Morgan fingerprint density at radius 1 is 0.833 bits per heavy atom. The Kier molecular flexibility index (Phi) is 3.66. The summed E-state index contributed by atoms with van der Waals surface area (Å²) in [6.45, 7) is 0. The highest BCUT2D eigenvalue weighted by Crippen LogP contribution is 2.20. The Hall–Kier alpha value is -1.42. The maximum Gasteiger partial charge on any atom is 0.294 e. The third kappa shape index (κ3) is 2.88. The lowest BCUT2D eigenvalue weighted by atomic mass is 10.4. The highest BCUT2D eigenvalue weighted by atomic mass is 32.2. The number of rotatable bonds is 3. The molecule has 2 aromatic carbocycles. The molecule has 1 atom stereocenters. The van der Waals surface area contributed by atoms with E-state index in [1.54, 1.807) is 24.3 Å². The summed E-state index contributed by atoms with van der Waals surface area (Å²) < 4.78 is 42.8. The third-order valence-electron chi connectivity index (χ3n) is 2.45. The van der Waals surface area contributed by atoms with Gasteiger partial charge in [-0.1, -0.05) is 42.5 Å². The molecule has 1 unspecified atom stereocenters. The topological polar surface area (TPSA) is 71.4 Å². The first-order chi connectivity index (χ1) is 8.48. The van der Waals surface area contributed by atoms with Gasteiger partial charge in [0, 0.05) is 10.6 Å². The molecule has 0 aliphatic carbocycles. The van der Waals surface area contributed by atoms with Crippen molar-refractivity contribution in [2.75, 3.05) is 0 Å². The molecule has 0 bridgehead atoms. The van der Waals surface area contributed by atoms with Crippen molar-refractivity contribution in [3.05, 3.63) is 54.6 Å². The van der Waals surface area contributed by atoms with E-state index in [2.05, 4.69) is 0 Å². The first-order valence-corrected chi connectivity index (χ1v) is 8.00. The quantitative estimate of drug-likeness (QED) is 0.683. The molecule has 0 saturated heterocycles. The lowest BCUT2D eigenvalue weighted by molar-refractivity contribution is 0.483. The summed E-state index contributed by atoms with van der Waals surface area (Å²) in [4.78, 5) is -0.200. The normalized spacial score (nSPS) is 13.2. The van der Waals surface area contributed by atoms with Crippen molar-refractivity contribution in [1.82, 2.24) is 0 Å². The average Bonchev–Trinajstić information content (AvgIpc) is 2.38. The van der Waals surface area contributed by atoms with Crippen LogP contribution in [0.3, 0.4) is 0 Å². The van der Waals surface area contributed by atoms with Gasteiger partial charge in [0.2, 0.25) is 0 Å². The summed E-state index contributed by atoms with van der Waals surface area (Å²) in [5, 5.41) is 1.26. The molecule has 0 aromatic heterocycles. The Morgan fingerprint density at radius 3 is 1.83 bits per heavy atom. The van der Waals surface area contributed by atoms with Crippen molar-refractivity contribution in [1.29, 1.82) is 0 Å². The molecular weight excluding hydrogens is 271 g/mol. The summed E-state index contributed by atoms with van der Waals surface area (Å²) in [5.74, 6) is 0. The van der Waals surface area contributed by atoms with E-state index in [1.807, 2.05) is 6.07 Å². The summed E-state index contributed by atoms with van der Waals surface area (Å²) in [6.07, 6.45) is 0. The van der Waals surface area contributed by atoms with Crippen molar-refractivity contribution in [2.45, 2.75) is 4.90 Å². The minimum Gasteiger partial charge on any atom is -0.317 e. The number of hydrogen-bond acceptors (Lipinski definition) is 3. The minimum absolute atomic E-state index is 0.200. The van der Waals surface area contributed by atoms with E-state index >= 15 is 0 Å². The summed E-state index contributed by atoms with van der Waals surface area (Å²) in [6, 6.07) is 14.4. The fourth-order valence-corrected chi connectivity index (χ4v) is 3.31. The van der Waals surface area contributed by atoms with Gasteiger partial charge in [0.25, 0.3) is 10.1 Å². The molecule has 0 heterocycles. The lowest BCUT2D eigenvalue weighted by Crippen LogP contribution is -2.07. The van der Waals surface area contributed by atoms with Crippen LogP contribution in [-0.4, -0.2) is 13.0 Å². The van der Waals surface area contributed by atoms with Gasteiger partial charge in [-0.3, -0.25) is 4.55 Å². The minimum atomic E-state index is -4.20. The summed E-state index contributed by atoms with van der Waals surface area (Å²) >= 11 is 0. The van der Waals surface area contributed by atoms with Crippen LogP contribution in [-0.2, 0) is 14.7 Å². The molecule has 1 N–H and O–H groups in total. The molecule has 2 rings (SSSR count). The van der Waals surface area contributed by atoms with Crippen LogP contribution in [0.2, 0.25) is 0 Å². The van der Waals surface area contributed by atoms with E-state index in [0.717, 1.165) is 0 Å². The molecule has 2 aromatic rings. The zero-order chi connectivity index (χ0) is 13.2. The molecule has 0 spiro atoms. The second-order valence-corrected chi connectivity index (χ2v) is 6.93. The van der Waals surface area contributed by atoms with Gasteiger partial charge in [-0.25, -0.2) is 0 Å². The van der Waals surface area contributed by atoms with E-state index in [0.29, 0.717) is 10.6 Å². The number of hydrogen-bond donors (Lipinski definition) is 1. The second-order valence-electron chi connectivity index (χ2n) is 3.69. The Labute approximate surface area is 106 Å². The van der Waals surface area contributed by atoms with Gasteiger partial charge in [-0.15, -0.1) is 0 Å². The van der Waals surface area contributed by atoms with Gasteiger partial charge < -0.3 is 4.57 Å². The molecule has 0 saturated carbocycles. The standard InChI is InChI=1S/C12H11O4PS/c13-17(10-4-2-1-3-5-10)11-6-8-12(9-7-11)18(14,15)16/h1-9,17H,(H,14,15,16). The summed E-state index contributed by atoms with van der Waals surface area (Å²) in [7, 11) is -6.33. The zero-order valence-corrected chi connectivity index (χ0v) is 11.1. The fraction of sp³-hybridized carbons (Fsp3) is 0. The maximum absolute atomic E-state index is 12.2. The van der Waals surface area contributed by atoms with Gasteiger partial charge in [0.1, 0.15) is 7.80 Å². The molecule has 0 fully saturated rings.